The maximum absolute atomic E-state index is 11.9. The van der Waals surface area contributed by atoms with E-state index < -0.39 is 0 Å². The Kier molecular flexibility index (Phi) is 6.09. The summed E-state index contributed by atoms with van der Waals surface area (Å²) in [4.78, 5) is 19.8. The predicted molar refractivity (Wildman–Crippen MR) is 96.1 cm³/mol. The zero-order valence-electron chi connectivity index (χ0n) is 14.6. The van der Waals surface area contributed by atoms with Crippen molar-refractivity contribution in [2.75, 3.05) is 26.0 Å². The molecule has 0 radical (unpaired) electrons. The van der Waals surface area contributed by atoms with Crippen LogP contribution in [0.2, 0.25) is 0 Å². The molecule has 7 heteroatoms. The fraction of sp³-hybridized carbons (Fsp3) is 0.500. The standard InChI is InChI=1S/C18H23N3O3S/c1-3-23-18(22)14-5-4-10-21(11-14)12-16-19-17(20-24-16)13-6-8-15(25-2)9-7-13/h6-9,14H,3-5,10-12H2,1-2H3. The lowest BCUT2D eigenvalue weighted by atomic mass is 9.98. The molecule has 6 nitrogen and oxygen atoms in total. The average molecular weight is 361 g/mol. The van der Waals surface area contributed by atoms with Crippen LogP contribution in [0.25, 0.3) is 11.4 Å². The molecule has 1 aromatic heterocycles. The third kappa shape index (κ3) is 4.61. The van der Waals surface area contributed by atoms with Gasteiger partial charge < -0.3 is 9.26 Å². The highest BCUT2D eigenvalue weighted by molar-refractivity contribution is 7.98. The number of carbonyl (C=O) groups excluding carboxylic acids is 1. The number of likely N-dealkylation sites (tertiary alicyclic amines) is 1. The molecule has 0 spiro atoms. The van der Waals surface area contributed by atoms with Gasteiger partial charge in [-0.1, -0.05) is 5.16 Å². The number of piperidine rings is 1. The van der Waals surface area contributed by atoms with Gasteiger partial charge in [-0.15, -0.1) is 11.8 Å². The highest BCUT2D eigenvalue weighted by atomic mass is 32.2. The van der Waals surface area contributed by atoms with Crippen LogP contribution in [-0.2, 0) is 16.1 Å². The molecule has 1 aliphatic heterocycles. The number of carbonyl (C=O) groups is 1. The Hall–Kier alpha value is -1.86. The zero-order chi connectivity index (χ0) is 17.6. The van der Waals surface area contributed by atoms with E-state index in [1.807, 2.05) is 37.4 Å². The predicted octanol–water partition coefficient (Wildman–Crippen LogP) is 3.23. The number of hydrogen-bond donors (Lipinski definition) is 0. The summed E-state index contributed by atoms with van der Waals surface area (Å²) in [6.45, 7) is 4.43. The number of ether oxygens (including phenoxy) is 1. The number of rotatable bonds is 6. The molecule has 0 N–H and O–H groups in total. The maximum Gasteiger partial charge on any atom is 0.310 e. The zero-order valence-corrected chi connectivity index (χ0v) is 15.4. The van der Waals surface area contributed by atoms with Gasteiger partial charge in [0.15, 0.2) is 0 Å². The molecule has 1 fully saturated rings. The van der Waals surface area contributed by atoms with E-state index in [1.165, 1.54) is 4.90 Å². The molecule has 0 aliphatic carbocycles. The fourth-order valence-electron chi connectivity index (χ4n) is 3.02. The fourth-order valence-corrected chi connectivity index (χ4v) is 3.43. The number of hydrogen-bond acceptors (Lipinski definition) is 7. The van der Waals surface area contributed by atoms with Crippen molar-refractivity contribution in [2.45, 2.75) is 31.2 Å². The number of nitrogens with zero attached hydrogens (tertiary/aromatic N) is 3. The summed E-state index contributed by atoms with van der Waals surface area (Å²) in [5.41, 5.74) is 0.941. The van der Waals surface area contributed by atoms with E-state index in [0.29, 0.717) is 31.4 Å². The molecule has 25 heavy (non-hydrogen) atoms. The molecule has 3 rings (SSSR count). The van der Waals surface area contributed by atoms with E-state index in [4.69, 9.17) is 9.26 Å². The highest BCUT2D eigenvalue weighted by Gasteiger charge is 2.27. The summed E-state index contributed by atoms with van der Waals surface area (Å²) in [6.07, 6.45) is 3.90. The Morgan fingerprint density at radius 1 is 1.40 bits per heavy atom. The molecule has 1 aliphatic rings. The topological polar surface area (TPSA) is 68.5 Å². The third-order valence-electron chi connectivity index (χ3n) is 4.30. The van der Waals surface area contributed by atoms with Gasteiger partial charge in [0, 0.05) is 17.0 Å². The Balaban J connectivity index is 1.61. The number of esters is 1. The molecule has 0 amide bonds. The Morgan fingerprint density at radius 3 is 2.92 bits per heavy atom. The summed E-state index contributed by atoms with van der Waals surface area (Å²) < 4.78 is 10.5. The van der Waals surface area contributed by atoms with E-state index in [2.05, 4.69) is 15.0 Å². The van der Waals surface area contributed by atoms with Gasteiger partial charge in [0.2, 0.25) is 11.7 Å². The molecule has 0 saturated carbocycles. The smallest absolute Gasteiger partial charge is 0.310 e. The van der Waals surface area contributed by atoms with Gasteiger partial charge in [0.1, 0.15) is 0 Å². The summed E-state index contributed by atoms with van der Waals surface area (Å²) in [6, 6.07) is 8.09. The van der Waals surface area contributed by atoms with E-state index in [1.54, 1.807) is 11.8 Å². The van der Waals surface area contributed by atoms with Crippen LogP contribution in [0.5, 0.6) is 0 Å². The molecular formula is C18H23N3O3S. The van der Waals surface area contributed by atoms with Gasteiger partial charge in [0.25, 0.3) is 0 Å². The first-order chi connectivity index (χ1) is 12.2. The molecule has 0 bridgehead atoms. The molecule has 2 heterocycles. The molecule has 1 saturated heterocycles. The van der Waals surface area contributed by atoms with Crippen molar-refractivity contribution in [3.63, 3.8) is 0 Å². The molecule has 1 aromatic carbocycles. The second-order valence-corrected chi connectivity index (χ2v) is 6.95. The van der Waals surface area contributed by atoms with Gasteiger partial charge in [-0.05, 0) is 56.8 Å². The van der Waals surface area contributed by atoms with Gasteiger partial charge >= 0.3 is 5.97 Å². The summed E-state index contributed by atoms with van der Waals surface area (Å²) in [7, 11) is 0. The lowest BCUT2D eigenvalue weighted by molar-refractivity contribution is -0.150. The van der Waals surface area contributed by atoms with Crippen molar-refractivity contribution in [3.8, 4) is 11.4 Å². The van der Waals surface area contributed by atoms with Crippen LogP contribution in [0.1, 0.15) is 25.7 Å². The third-order valence-corrected chi connectivity index (χ3v) is 5.04. The minimum absolute atomic E-state index is 0.0600. The van der Waals surface area contributed by atoms with E-state index >= 15 is 0 Å². The lowest BCUT2D eigenvalue weighted by Crippen LogP contribution is -2.39. The largest absolute Gasteiger partial charge is 0.466 e. The lowest BCUT2D eigenvalue weighted by Gasteiger charge is -2.30. The van der Waals surface area contributed by atoms with Crippen molar-refractivity contribution in [2.24, 2.45) is 5.92 Å². The number of aromatic nitrogens is 2. The second-order valence-electron chi connectivity index (χ2n) is 6.07. The van der Waals surface area contributed by atoms with Crippen LogP contribution in [0.15, 0.2) is 33.7 Å². The van der Waals surface area contributed by atoms with Crippen molar-refractivity contribution in [1.29, 1.82) is 0 Å². The van der Waals surface area contributed by atoms with Crippen LogP contribution in [0.4, 0.5) is 0 Å². The second kappa shape index (κ2) is 8.49. The average Bonchev–Trinajstić information content (AvgIpc) is 3.10. The normalized spacial score (nSPS) is 18.2. The van der Waals surface area contributed by atoms with Crippen molar-refractivity contribution in [3.05, 3.63) is 30.2 Å². The van der Waals surface area contributed by atoms with Gasteiger partial charge in [-0.25, -0.2) is 0 Å². The number of thioether (sulfide) groups is 1. The number of benzene rings is 1. The van der Waals surface area contributed by atoms with Crippen LogP contribution in [0.3, 0.4) is 0 Å². The van der Waals surface area contributed by atoms with Crippen LogP contribution >= 0.6 is 11.8 Å². The van der Waals surface area contributed by atoms with Crippen molar-refractivity contribution < 1.29 is 14.1 Å². The first-order valence-corrected chi connectivity index (χ1v) is 9.78. The monoisotopic (exact) mass is 361 g/mol. The van der Waals surface area contributed by atoms with E-state index in [-0.39, 0.29) is 11.9 Å². The first kappa shape index (κ1) is 17.9. The quantitative estimate of drug-likeness (QED) is 0.578. The molecule has 2 aromatic rings. The van der Waals surface area contributed by atoms with Crippen LogP contribution in [0, 0.1) is 5.92 Å². The van der Waals surface area contributed by atoms with E-state index in [9.17, 15) is 4.79 Å². The Bertz CT molecular complexity index is 702. The summed E-state index contributed by atoms with van der Waals surface area (Å²) in [5, 5.41) is 4.08. The summed E-state index contributed by atoms with van der Waals surface area (Å²) >= 11 is 1.70. The molecule has 1 unspecified atom stereocenters. The van der Waals surface area contributed by atoms with Gasteiger partial charge in [-0.3, -0.25) is 9.69 Å². The Morgan fingerprint density at radius 2 is 2.20 bits per heavy atom. The minimum Gasteiger partial charge on any atom is -0.466 e. The van der Waals surface area contributed by atoms with Crippen molar-refractivity contribution in [1.82, 2.24) is 15.0 Å². The van der Waals surface area contributed by atoms with Crippen molar-refractivity contribution >= 4 is 17.7 Å². The molecular weight excluding hydrogens is 338 g/mol. The van der Waals surface area contributed by atoms with Crippen LogP contribution < -0.4 is 0 Å². The first-order valence-electron chi connectivity index (χ1n) is 8.55. The molecule has 1 atom stereocenters. The SMILES string of the molecule is CCOC(=O)C1CCCN(Cc2nc(-c3ccc(SC)cc3)no2)C1. The maximum atomic E-state index is 11.9. The van der Waals surface area contributed by atoms with Crippen LogP contribution in [-0.4, -0.2) is 47.0 Å². The van der Waals surface area contributed by atoms with Gasteiger partial charge in [0.05, 0.1) is 19.1 Å². The minimum atomic E-state index is -0.104. The summed E-state index contributed by atoms with van der Waals surface area (Å²) in [5.74, 6) is 1.01. The Labute approximate surface area is 151 Å². The highest BCUT2D eigenvalue weighted by Crippen LogP contribution is 2.23. The van der Waals surface area contributed by atoms with E-state index in [0.717, 1.165) is 24.9 Å². The molecule has 134 valence electrons. The van der Waals surface area contributed by atoms with Gasteiger partial charge in [-0.2, -0.15) is 4.98 Å².